The molecule has 5 nitrogen and oxygen atoms in total. The highest BCUT2D eigenvalue weighted by Crippen LogP contribution is 2.27. The number of amides is 2. The summed E-state index contributed by atoms with van der Waals surface area (Å²) in [6, 6.07) is 6.83. The van der Waals surface area contributed by atoms with Gasteiger partial charge in [-0.25, -0.2) is 4.79 Å². The SMILES string of the molecule is CCNCc1cc(Br)ccc1N1CCN2C(=O)NCC2C1. The molecular weight excluding hydrogens is 332 g/mol. The second kappa shape index (κ2) is 6.23. The molecule has 0 spiro atoms. The van der Waals surface area contributed by atoms with E-state index in [2.05, 4.69) is 56.6 Å². The van der Waals surface area contributed by atoms with E-state index < -0.39 is 0 Å². The van der Waals surface area contributed by atoms with Gasteiger partial charge < -0.3 is 20.4 Å². The maximum absolute atomic E-state index is 11.7. The molecular formula is C15H21BrN4O. The monoisotopic (exact) mass is 352 g/mol. The highest BCUT2D eigenvalue weighted by molar-refractivity contribution is 9.10. The average molecular weight is 353 g/mol. The van der Waals surface area contributed by atoms with E-state index in [1.54, 1.807) is 0 Å². The Bertz CT molecular complexity index is 536. The molecule has 1 atom stereocenters. The van der Waals surface area contributed by atoms with Crippen LogP contribution in [0, 0.1) is 0 Å². The first-order valence-electron chi connectivity index (χ1n) is 7.47. The van der Waals surface area contributed by atoms with Crippen LogP contribution in [0.1, 0.15) is 12.5 Å². The molecule has 114 valence electrons. The standard InChI is InChI=1S/C15H21BrN4O/c1-2-17-8-11-7-12(16)3-4-14(11)19-5-6-20-13(10-19)9-18-15(20)21/h3-4,7,13,17H,2,5-6,8-10H2,1H3,(H,18,21). The molecule has 2 aliphatic rings. The smallest absolute Gasteiger partial charge is 0.317 e. The van der Waals surface area contributed by atoms with Crippen LogP contribution in [0.2, 0.25) is 0 Å². The van der Waals surface area contributed by atoms with Crippen LogP contribution in [0.4, 0.5) is 10.5 Å². The molecule has 2 aliphatic heterocycles. The molecule has 2 saturated heterocycles. The van der Waals surface area contributed by atoms with Crippen molar-refractivity contribution >= 4 is 27.6 Å². The molecule has 1 aromatic carbocycles. The molecule has 0 radical (unpaired) electrons. The number of nitrogens with one attached hydrogen (secondary N) is 2. The Labute approximate surface area is 133 Å². The molecule has 1 unspecified atom stereocenters. The minimum Gasteiger partial charge on any atom is -0.367 e. The fourth-order valence-corrected chi connectivity index (χ4v) is 3.50. The Morgan fingerprint density at radius 3 is 3.10 bits per heavy atom. The number of carbonyl (C=O) groups excluding carboxylic acids is 1. The summed E-state index contributed by atoms with van der Waals surface area (Å²) in [6.45, 7) is 7.30. The van der Waals surface area contributed by atoms with Gasteiger partial charge in [-0.2, -0.15) is 0 Å². The summed E-state index contributed by atoms with van der Waals surface area (Å²) in [5.41, 5.74) is 2.58. The third-order valence-corrected chi connectivity index (χ3v) is 4.67. The number of hydrogen-bond donors (Lipinski definition) is 2. The molecule has 6 heteroatoms. The quantitative estimate of drug-likeness (QED) is 0.868. The van der Waals surface area contributed by atoms with Gasteiger partial charge in [0.2, 0.25) is 0 Å². The van der Waals surface area contributed by atoms with E-state index in [0.717, 1.165) is 43.7 Å². The van der Waals surface area contributed by atoms with E-state index in [0.29, 0.717) is 6.04 Å². The lowest BCUT2D eigenvalue weighted by molar-refractivity contribution is 0.197. The van der Waals surface area contributed by atoms with E-state index in [4.69, 9.17) is 0 Å². The number of halogens is 1. The number of carbonyl (C=O) groups is 1. The Kier molecular flexibility index (Phi) is 4.35. The molecule has 2 fully saturated rings. The third-order valence-electron chi connectivity index (χ3n) is 4.18. The number of piperazine rings is 1. The minimum absolute atomic E-state index is 0.0864. The topological polar surface area (TPSA) is 47.6 Å². The fourth-order valence-electron chi connectivity index (χ4n) is 3.09. The first-order valence-corrected chi connectivity index (χ1v) is 8.27. The van der Waals surface area contributed by atoms with Crippen LogP contribution in [-0.4, -0.2) is 49.7 Å². The van der Waals surface area contributed by atoms with Gasteiger partial charge in [0.1, 0.15) is 0 Å². The summed E-state index contributed by atoms with van der Waals surface area (Å²) in [5, 5.41) is 6.33. The van der Waals surface area contributed by atoms with Crippen molar-refractivity contribution in [3.8, 4) is 0 Å². The summed E-state index contributed by atoms with van der Waals surface area (Å²) in [5.74, 6) is 0. The minimum atomic E-state index is 0.0864. The maximum Gasteiger partial charge on any atom is 0.317 e. The molecule has 3 rings (SSSR count). The van der Waals surface area contributed by atoms with E-state index in [1.807, 2.05) is 4.90 Å². The van der Waals surface area contributed by atoms with Crippen LogP contribution in [0.5, 0.6) is 0 Å². The second-order valence-corrected chi connectivity index (χ2v) is 6.45. The molecule has 1 aromatic rings. The lowest BCUT2D eigenvalue weighted by Crippen LogP contribution is -2.52. The van der Waals surface area contributed by atoms with Crippen LogP contribution < -0.4 is 15.5 Å². The summed E-state index contributed by atoms with van der Waals surface area (Å²) >= 11 is 3.56. The van der Waals surface area contributed by atoms with Crippen molar-refractivity contribution in [3.63, 3.8) is 0 Å². The normalized spacial score (nSPS) is 21.4. The predicted octanol–water partition coefficient (Wildman–Crippen LogP) is 1.77. The third kappa shape index (κ3) is 3.01. The number of anilines is 1. The number of benzene rings is 1. The summed E-state index contributed by atoms with van der Waals surface area (Å²) in [7, 11) is 0. The lowest BCUT2D eigenvalue weighted by Gasteiger charge is -2.38. The Morgan fingerprint density at radius 2 is 2.29 bits per heavy atom. The van der Waals surface area contributed by atoms with Crippen LogP contribution in [0.3, 0.4) is 0 Å². The van der Waals surface area contributed by atoms with Gasteiger partial charge in [-0.15, -0.1) is 0 Å². The summed E-state index contributed by atoms with van der Waals surface area (Å²) in [6.07, 6.45) is 0. The molecule has 0 bridgehead atoms. The molecule has 0 saturated carbocycles. The van der Waals surface area contributed by atoms with Gasteiger partial charge in [0.05, 0.1) is 6.04 Å². The van der Waals surface area contributed by atoms with Gasteiger partial charge in [-0.1, -0.05) is 22.9 Å². The Hall–Kier alpha value is -1.27. The van der Waals surface area contributed by atoms with Gasteiger partial charge >= 0.3 is 6.03 Å². The van der Waals surface area contributed by atoms with Crippen molar-refractivity contribution in [2.75, 3.05) is 37.6 Å². The van der Waals surface area contributed by atoms with E-state index in [1.165, 1.54) is 11.3 Å². The lowest BCUT2D eigenvalue weighted by atomic mass is 10.1. The number of rotatable bonds is 4. The number of hydrogen-bond acceptors (Lipinski definition) is 3. The van der Waals surface area contributed by atoms with Crippen LogP contribution >= 0.6 is 15.9 Å². The van der Waals surface area contributed by atoms with E-state index in [9.17, 15) is 4.79 Å². The van der Waals surface area contributed by atoms with Crippen molar-refractivity contribution in [1.82, 2.24) is 15.5 Å². The summed E-state index contributed by atoms with van der Waals surface area (Å²) < 4.78 is 1.11. The van der Waals surface area contributed by atoms with Gasteiger partial charge in [-0.3, -0.25) is 0 Å². The zero-order valence-electron chi connectivity index (χ0n) is 12.2. The number of urea groups is 1. The zero-order chi connectivity index (χ0) is 14.8. The maximum atomic E-state index is 11.7. The highest BCUT2D eigenvalue weighted by Gasteiger charge is 2.35. The van der Waals surface area contributed by atoms with E-state index in [-0.39, 0.29) is 6.03 Å². The van der Waals surface area contributed by atoms with Crippen molar-refractivity contribution in [2.24, 2.45) is 0 Å². The van der Waals surface area contributed by atoms with Gasteiger partial charge in [0, 0.05) is 42.9 Å². The van der Waals surface area contributed by atoms with Crippen LogP contribution in [-0.2, 0) is 6.54 Å². The zero-order valence-corrected chi connectivity index (χ0v) is 13.8. The molecule has 2 N–H and O–H groups in total. The molecule has 2 amide bonds. The molecule has 21 heavy (non-hydrogen) atoms. The summed E-state index contributed by atoms with van der Waals surface area (Å²) in [4.78, 5) is 16.0. The second-order valence-electron chi connectivity index (χ2n) is 5.53. The highest BCUT2D eigenvalue weighted by atomic mass is 79.9. The van der Waals surface area contributed by atoms with Crippen molar-refractivity contribution in [1.29, 1.82) is 0 Å². The first kappa shape index (κ1) is 14.7. The first-order chi connectivity index (χ1) is 10.2. The number of fused-ring (bicyclic) bond motifs is 1. The van der Waals surface area contributed by atoms with Gasteiger partial charge in [0.15, 0.2) is 0 Å². The van der Waals surface area contributed by atoms with Crippen molar-refractivity contribution in [2.45, 2.75) is 19.5 Å². The Balaban J connectivity index is 1.79. The largest absolute Gasteiger partial charge is 0.367 e. The predicted molar refractivity (Wildman–Crippen MR) is 87.6 cm³/mol. The van der Waals surface area contributed by atoms with Crippen molar-refractivity contribution in [3.05, 3.63) is 28.2 Å². The molecule has 2 heterocycles. The molecule has 0 aromatic heterocycles. The van der Waals surface area contributed by atoms with Gasteiger partial charge in [0.25, 0.3) is 0 Å². The van der Waals surface area contributed by atoms with Crippen LogP contribution in [0.25, 0.3) is 0 Å². The number of nitrogens with zero attached hydrogens (tertiary/aromatic N) is 2. The average Bonchev–Trinajstić information content (AvgIpc) is 2.86. The van der Waals surface area contributed by atoms with Crippen LogP contribution in [0.15, 0.2) is 22.7 Å². The fraction of sp³-hybridized carbons (Fsp3) is 0.533. The molecule has 0 aliphatic carbocycles. The van der Waals surface area contributed by atoms with Crippen molar-refractivity contribution < 1.29 is 4.79 Å². The van der Waals surface area contributed by atoms with Gasteiger partial charge in [-0.05, 0) is 30.3 Å². The van der Waals surface area contributed by atoms with E-state index >= 15 is 0 Å². The Morgan fingerprint density at radius 1 is 1.43 bits per heavy atom.